The van der Waals surface area contributed by atoms with E-state index in [1.54, 1.807) is 11.3 Å². The van der Waals surface area contributed by atoms with E-state index in [0.717, 1.165) is 23.7 Å². The molecular weight excluding hydrogens is 298 g/mol. The van der Waals surface area contributed by atoms with Crippen molar-refractivity contribution in [3.63, 3.8) is 0 Å². The van der Waals surface area contributed by atoms with Crippen LogP contribution < -0.4 is 5.32 Å². The highest BCUT2D eigenvalue weighted by Crippen LogP contribution is 2.27. The molecule has 0 aliphatic rings. The Morgan fingerprint density at radius 1 is 1.33 bits per heavy atom. The van der Waals surface area contributed by atoms with Crippen LogP contribution in [-0.4, -0.2) is 15.9 Å². The second-order valence-corrected chi connectivity index (χ2v) is 8.26. The fraction of sp³-hybridized carbons (Fsp3) is 0.438. The Hall–Kier alpha value is -1.17. The first-order chi connectivity index (χ1) is 9.97. The average Bonchev–Trinajstić information content (AvgIpc) is 3.08. The Labute approximate surface area is 133 Å². The predicted molar refractivity (Wildman–Crippen MR) is 91.6 cm³/mol. The Kier molecular flexibility index (Phi) is 3.90. The molecule has 3 rings (SSSR count). The largest absolute Gasteiger partial charge is 0.310 e. The number of nitrogens with one attached hydrogen (secondary N) is 1. The van der Waals surface area contributed by atoms with Crippen LogP contribution in [-0.2, 0) is 12.0 Å². The number of aryl methyl sites for hydroxylation is 2. The van der Waals surface area contributed by atoms with Crippen LogP contribution in [0.4, 0.5) is 0 Å². The molecule has 0 atom stereocenters. The molecule has 3 aromatic rings. The van der Waals surface area contributed by atoms with Gasteiger partial charge in [-0.05, 0) is 25.3 Å². The third-order valence-electron chi connectivity index (χ3n) is 3.79. The molecule has 0 spiro atoms. The first kappa shape index (κ1) is 14.8. The molecule has 1 N–H and O–H groups in total. The highest BCUT2D eigenvalue weighted by Gasteiger charge is 2.21. The van der Waals surface area contributed by atoms with E-state index < -0.39 is 0 Å². The van der Waals surface area contributed by atoms with Gasteiger partial charge in [-0.2, -0.15) is 0 Å². The van der Waals surface area contributed by atoms with Crippen LogP contribution in [0.5, 0.6) is 0 Å². The van der Waals surface area contributed by atoms with Crippen LogP contribution in [0.25, 0.3) is 4.96 Å². The molecule has 0 fully saturated rings. The second kappa shape index (κ2) is 5.55. The minimum absolute atomic E-state index is 0.163. The van der Waals surface area contributed by atoms with Crippen LogP contribution in [0, 0.1) is 13.8 Å². The first-order valence-electron chi connectivity index (χ1n) is 7.16. The molecule has 3 heterocycles. The first-order valence-corrected chi connectivity index (χ1v) is 8.86. The Balaban J connectivity index is 1.71. The SMILES string of the molecule is Cc1cn2c(CNCC(C)(C)c3cccs3)c(C)nc2s1. The minimum atomic E-state index is 0.163. The van der Waals surface area contributed by atoms with Gasteiger partial charge in [-0.25, -0.2) is 4.98 Å². The molecule has 5 heteroatoms. The van der Waals surface area contributed by atoms with E-state index in [1.807, 2.05) is 11.3 Å². The number of rotatable bonds is 5. The summed E-state index contributed by atoms with van der Waals surface area (Å²) >= 11 is 3.58. The van der Waals surface area contributed by atoms with Gasteiger partial charge in [-0.15, -0.1) is 22.7 Å². The molecule has 0 unspecified atom stereocenters. The molecule has 3 aromatic heterocycles. The average molecular weight is 319 g/mol. The maximum atomic E-state index is 4.64. The zero-order valence-corrected chi connectivity index (χ0v) is 14.6. The van der Waals surface area contributed by atoms with Gasteiger partial charge in [0.1, 0.15) is 0 Å². The van der Waals surface area contributed by atoms with Gasteiger partial charge in [-0.1, -0.05) is 19.9 Å². The zero-order chi connectivity index (χ0) is 15.0. The molecule has 0 bridgehead atoms. The second-order valence-electron chi connectivity index (χ2n) is 6.10. The quantitative estimate of drug-likeness (QED) is 0.766. The molecule has 0 saturated carbocycles. The molecule has 0 aliphatic carbocycles. The van der Waals surface area contributed by atoms with Crippen LogP contribution in [0.1, 0.15) is 35.0 Å². The summed E-state index contributed by atoms with van der Waals surface area (Å²) in [6.45, 7) is 10.6. The number of aromatic nitrogens is 2. The summed E-state index contributed by atoms with van der Waals surface area (Å²) in [7, 11) is 0. The number of hydrogen-bond donors (Lipinski definition) is 1. The van der Waals surface area contributed by atoms with E-state index in [0.29, 0.717) is 0 Å². The van der Waals surface area contributed by atoms with Crippen molar-refractivity contribution >= 4 is 27.6 Å². The number of fused-ring (bicyclic) bond motifs is 1. The van der Waals surface area contributed by atoms with Crippen molar-refractivity contribution in [1.82, 2.24) is 14.7 Å². The highest BCUT2D eigenvalue weighted by atomic mass is 32.1. The summed E-state index contributed by atoms with van der Waals surface area (Å²) in [5.41, 5.74) is 2.56. The van der Waals surface area contributed by atoms with Crippen molar-refractivity contribution in [3.05, 3.63) is 44.9 Å². The number of nitrogens with zero attached hydrogens (tertiary/aromatic N) is 2. The van der Waals surface area contributed by atoms with Crippen molar-refractivity contribution < 1.29 is 0 Å². The van der Waals surface area contributed by atoms with E-state index in [-0.39, 0.29) is 5.41 Å². The van der Waals surface area contributed by atoms with E-state index >= 15 is 0 Å². The number of thiophene rings is 1. The molecule has 0 saturated heterocycles. The predicted octanol–water partition coefficient (Wildman–Crippen LogP) is 4.14. The number of hydrogen-bond acceptors (Lipinski definition) is 4. The fourth-order valence-corrected chi connectivity index (χ4v) is 4.31. The lowest BCUT2D eigenvalue weighted by Gasteiger charge is -2.23. The van der Waals surface area contributed by atoms with E-state index in [9.17, 15) is 0 Å². The lowest BCUT2D eigenvalue weighted by atomic mass is 9.91. The van der Waals surface area contributed by atoms with Crippen LogP contribution in [0.3, 0.4) is 0 Å². The summed E-state index contributed by atoms with van der Waals surface area (Å²) in [6, 6.07) is 4.34. The minimum Gasteiger partial charge on any atom is -0.310 e. The topological polar surface area (TPSA) is 29.3 Å². The van der Waals surface area contributed by atoms with Crippen molar-refractivity contribution in [1.29, 1.82) is 0 Å². The molecule has 0 amide bonds. The van der Waals surface area contributed by atoms with E-state index in [1.165, 1.54) is 15.4 Å². The maximum absolute atomic E-state index is 4.64. The van der Waals surface area contributed by atoms with Crippen LogP contribution >= 0.6 is 22.7 Å². The maximum Gasteiger partial charge on any atom is 0.194 e. The van der Waals surface area contributed by atoms with Gasteiger partial charge in [-0.3, -0.25) is 4.40 Å². The van der Waals surface area contributed by atoms with Gasteiger partial charge in [0, 0.05) is 34.5 Å². The monoisotopic (exact) mass is 319 g/mol. The van der Waals surface area contributed by atoms with Gasteiger partial charge < -0.3 is 5.32 Å². The van der Waals surface area contributed by atoms with Gasteiger partial charge in [0.15, 0.2) is 4.96 Å². The van der Waals surface area contributed by atoms with Crippen molar-refractivity contribution in [3.8, 4) is 0 Å². The van der Waals surface area contributed by atoms with E-state index in [4.69, 9.17) is 0 Å². The van der Waals surface area contributed by atoms with Gasteiger partial charge >= 0.3 is 0 Å². The van der Waals surface area contributed by atoms with Crippen molar-refractivity contribution in [2.45, 2.75) is 39.7 Å². The molecule has 0 aliphatic heterocycles. The summed E-state index contributed by atoms with van der Waals surface area (Å²) in [6.07, 6.45) is 2.18. The van der Waals surface area contributed by atoms with Gasteiger partial charge in [0.2, 0.25) is 0 Å². The Morgan fingerprint density at radius 2 is 2.14 bits per heavy atom. The molecule has 3 nitrogen and oxygen atoms in total. The standard InChI is InChI=1S/C16H21N3S2/c1-11-9-19-13(12(2)18-15(19)21-11)8-17-10-16(3,4)14-6-5-7-20-14/h5-7,9,17H,8,10H2,1-4H3. The summed E-state index contributed by atoms with van der Waals surface area (Å²) in [4.78, 5) is 8.47. The smallest absolute Gasteiger partial charge is 0.194 e. The third-order valence-corrected chi connectivity index (χ3v) is 5.92. The number of imidazole rings is 1. The zero-order valence-electron chi connectivity index (χ0n) is 12.9. The third kappa shape index (κ3) is 2.91. The van der Waals surface area contributed by atoms with Gasteiger partial charge in [0.25, 0.3) is 0 Å². The summed E-state index contributed by atoms with van der Waals surface area (Å²) < 4.78 is 2.22. The molecular formula is C16H21N3S2. The normalized spacial score (nSPS) is 12.4. The van der Waals surface area contributed by atoms with Crippen molar-refractivity contribution in [2.75, 3.05) is 6.54 Å². The molecule has 112 valence electrons. The summed E-state index contributed by atoms with van der Waals surface area (Å²) in [5.74, 6) is 0. The molecule has 0 radical (unpaired) electrons. The lowest BCUT2D eigenvalue weighted by molar-refractivity contribution is 0.473. The Morgan fingerprint density at radius 3 is 2.86 bits per heavy atom. The summed E-state index contributed by atoms with van der Waals surface area (Å²) in [5, 5.41) is 5.76. The number of thiazole rings is 1. The molecule has 0 aromatic carbocycles. The Bertz CT molecular complexity index is 735. The highest BCUT2D eigenvalue weighted by molar-refractivity contribution is 7.17. The lowest BCUT2D eigenvalue weighted by Crippen LogP contribution is -2.32. The van der Waals surface area contributed by atoms with E-state index in [2.05, 4.69) is 66.1 Å². The van der Waals surface area contributed by atoms with Crippen molar-refractivity contribution in [2.24, 2.45) is 0 Å². The fourth-order valence-electron chi connectivity index (χ4n) is 2.57. The van der Waals surface area contributed by atoms with Gasteiger partial charge in [0.05, 0.1) is 11.4 Å². The van der Waals surface area contributed by atoms with Crippen LogP contribution in [0.2, 0.25) is 0 Å². The van der Waals surface area contributed by atoms with Crippen LogP contribution in [0.15, 0.2) is 23.7 Å². The molecule has 21 heavy (non-hydrogen) atoms.